The average molecular weight is 444 g/mol. The first kappa shape index (κ1) is 21.4. The molecule has 1 aliphatic carbocycles. The molecule has 5 nitrogen and oxygen atoms in total. The highest BCUT2D eigenvalue weighted by molar-refractivity contribution is 7.99. The molecule has 1 saturated heterocycles. The van der Waals surface area contributed by atoms with E-state index in [0.717, 1.165) is 37.4 Å². The van der Waals surface area contributed by atoms with Crippen LogP contribution in [0.4, 0.5) is 23.2 Å². The van der Waals surface area contributed by atoms with Crippen molar-refractivity contribution in [3.8, 4) is 0 Å². The zero-order valence-electron chi connectivity index (χ0n) is 16.3. The molecule has 2 fully saturated rings. The van der Waals surface area contributed by atoms with E-state index in [2.05, 4.69) is 20.6 Å². The fraction of sp³-hybridized carbons (Fsp3) is 0.600. The number of halogens is 4. The predicted molar refractivity (Wildman–Crippen MR) is 110 cm³/mol. The average Bonchev–Trinajstić information content (AvgIpc) is 3.18. The Morgan fingerprint density at radius 1 is 1.20 bits per heavy atom. The fourth-order valence-corrected chi connectivity index (χ4v) is 5.55. The quantitative estimate of drug-likeness (QED) is 0.604. The van der Waals surface area contributed by atoms with E-state index in [1.54, 1.807) is 6.07 Å². The molecule has 3 N–H and O–H groups in total. The van der Waals surface area contributed by atoms with E-state index in [0.29, 0.717) is 18.7 Å². The van der Waals surface area contributed by atoms with Gasteiger partial charge >= 0.3 is 6.18 Å². The summed E-state index contributed by atoms with van der Waals surface area (Å²) < 4.78 is 54.3. The third kappa shape index (κ3) is 4.74. The number of nitrogens with one attached hydrogen (secondary N) is 3. The van der Waals surface area contributed by atoms with Crippen molar-refractivity contribution >= 4 is 28.4 Å². The molecule has 2 aromatic rings. The van der Waals surface area contributed by atoms with E-state index in [1.807, 2.05) is 0 Å². The van der Waals surface area contributed by atoms with Gasteiger partial charge in [0.05, 0.1) is 17.2 Å². The first-order chi connectivity index (χ1) is 14.3. The number of benzene rings is 1. The number of fused-ring (bicyclic) bond motifs is 1. The minimum atomic E-state index is -4.28. The van der Waals surface area contributed by atoms with Crippen molar-refractivity contribution in [3.63, 3.8) is 0 Å². The lowest BCUT2D eigenvalue weighted by Gasteiger charge is -2.33. The third-order valence-corrected chi connectivity index (χ3v) is 7.24. The number of alkyl halides is 3. The molecule has 1 aliphatic heterocycles. The van der Waals surface area contributed by atoms with Crippen LogP contribution in [0.1, 0.15) is 37.9 Å². The minimum absolute atomic E-state index is 0.107. The molecule has 10 heteroatoms. The number of hydrogen-bond acceptors (Lipinski definition) is 5. The molecular weight excluding hydrogens is 420 g/mol. The van der Waals surface area contributed by atoms with E-state index in [4.69, 9.17) is 0 Å². The van der Waals surface area contributed by atoms with Crippen LogP contribution in [0.5, 0.6) is 0 Å². The maximum absolute atomic E-state index is 14.5. The topological polar surface area (TPSA) is 69.8 Å². The van der Waals surface area contributed by atoms with Gasteiger partial charge in [0.1, 0.15) is 17.0 Å². The molecule has 2 aliphatic rings. The number of aromatic nitrogens is 2. The van der Waals surface area contributed by atoms with Crippen molar-refractivity contribution < 1.29 is 17.6 Å². The summed E-state index contributed by atoms with van der Waals surface area (Å²) in [6.45, 7) is 0.414. The number of aromatic amines is 1. The Morgan fingerprint density at radius 2 is 1.97 bits per heavy atom. The largest absolute Gasteiger partial charge is 0.394 e. The SMILES string of the molecule is O=c1[nH]c(CS[C@@H]2CCNC[C@H]2C(F)(F)F)nc2cc(NC3CCCC3)cc(F)c12. The van der Waals surface area contributed by atoms with Crippen molar-refractivity contribution in [2.45, 2.75) is 55.3 Å². The molecule has 1 aromatic carbocycles. The minimum Gasteiger partial charge on any atom is -0.382 e. The molecule has 4 rings (SSSR count). The molecule has 30 heavy (non-hydrogen) atoms. The first-order valence-electron chi connectivity index (χ1n) is 10.2. The van der Waals surface area contributed by atoms with Gasteiger partial charge in [0.2, 0.25) is 0 Å². The maximum atomic E-state index is 14.5. The molecule has 0 amide bonds. The number of anilines is 1. The summed E-state index contributed by atoms with van der Waals surface area (Å²) in [6.07, 6.45) is 0.392. The van der Waals surface area contributed by atoms with E-state index in [1.165, 1.54) is 6.07 Å². The smallest absolute Gasteiger partial charge is 0.382 e. The molecule has 0 spiro atoms. The molecule has 2 atom stereocenters. The van der Waals surface area contributed by atoms with Crippen LogP contribution in [-0.2, 0) is 5.75 Å². The molecule has 0 bridgehead atoms. The number of nitrogens with zero attached hydrogens (tertiary/aromatic N) is 1. The van der Waals surface area contributed by atoms with Gasteiger partial charge in [-0.05, 0) is 37.9 Å². The zero-order chi connectivity index (χ0) is 21.3. The lowest BCUT2D eigenvalue weighted by molar-refractivity contribution is -0.176. The highest BCUT2D eigenvalue weighted by Gasteiger charge is 2.45. The van der Waals surface area contributed by atoms with Gasteiger partial charge in [-0.2, -0.15) is 13.2 Å². The van der Waals surface area contributed by atoms with E-state index < -0.39 is 28.7 Å². The molecule has 164 valence electrons. The van der Waals surface area contributed by atoms with Gasteiger partial charge in [0.25, 0.3) is 5.56 Å². The van der Waals surface area contributed by atoms with Gasteiger partial charge in [-0.25, -0.2) is 9.37 Å². The molecule has 0 unspecified atom stereocenters. The van der Waals surface area contributed by atoms with Gasteiger partial charge in [-0.15, -0.1) is 11.8 Å². The highest BCUT2D eigenvalue weighted by Crippen LogP contribution is 2.38. The Balaban J connectivity index is 1.54. The highest BCUT2D eigenvalue weighted by atomic mass is 32.2. The van der Waals surface area contributed by atoms with E-state index >= 15 is 0 Å². The Hall–Kier alpha value is -1.81. The Morgan fingerprint density at radius 3 is 2.70 bits per heavy atom. The van der Waals surface area contributed by atoms with Crippen molar-refractivity contribution in [1.82, 2.24) is 15.3 Å². The zero-order valence-corrected chi connectivity index (χ0v) is 17.1. The number of rotatable bonds is 5. The summed E-state index contributed by atoms with van der Waals surface area (Å²) in [4.78, 5) is 19.3. The summed E-state index contributed by atoms with van der Waals surface area (Å²) in [5.41, 5.74) is 0.171. The standard InChI is InChI=1S/C20H24F4N4OS/c21-14-7-12(26-11-3-1-2-4-11)8-15-18(14)19(29)28-17(27-15)10-30-16-5-6-25-9-13(16)20(22,23)24/h7-8,11,13,16,25-26H,1-6,9-10H2,(H,27,28,29)/t13-,16-/m1/s1. The Kier molecular flexibility index (Phi) is 6.24. The second-order valence-electron chi connectivity index (χ2n) is 7.98. The Bertz CT molecular complexity index is 958. The Labute approximate surface area is 175 Å². The third-order valence-electron chi connectivity index (χ3n) is 5.81. The summed E-state index contributed by atoms with van der Waals surface area (Å²) >= 11 is 1.14. The second-order valence-corrected chi connectivity index (χ2v) is 9.21. The molecule has 1 saturated carbocycles. The molecule has 2 heterocycles. The van der Waals surface area contributed by atoms with Crippen molar-refractivity contribution in [1.29, 1.82) is 0 Å². The van der Waals surface area contributed by atoms with Crippen molar-refractivity contribution in [2.75, 3.05) is 18.4 Å². The maximum Gasteiger partial charge on any atom is 0.394 e. The van der Waals surface area contributed by atoms with Crippen LogP contribution < -0.4 is 16.2 Å². The fourth-order valence-electron chi connectivity index (χ4n) is 4.28. The predicted octanol–water partition coefficient (Wildman–Crippen LogP) is 4.19. The molecular formula is C20H24F4N4OS. The lowest BCUT2D eigenvalue weighted by atomic mass is 9.98. The summed E-state index contributed by atoms with van der Waals surface area (Å²) in [7, 11) is 0. The van der Waals surface area contributed by atoms with Crippen LogP contribution >= 0.6 is 11.8 Å². The van der Waals surface area contributed by atoms with Gasteiger partial charge in [0, 0.05) is 23.5 Å². The van der Waals surface area contributed by atoms with Crippen molar-refractivity contribution in [2.24, 2.45) is 5.92 Å². The van der Waals surface area contributed by atoms with E-state index in [-0.39, 0.29) is 35.1 Å². The van der Waals surface area contributed by atoms with Crippen LogP contribution in [-0.4, -0.2) is 40.5 Å². The van der Waals surface area contributed by atoms with Crippen LogP contribution in [0.15, 0.2) is 16.9 Å². The van der Waals surface area contributed by atoms with E-state index in [9.17, 15) is 22.4 Å². The van der Waals surface area contributed by atoms with Crippen LogP contribution in [0, 0.1) is 11.7 Å². The molecule has 1 aromatic heterocycles. The lowest BCUT2D eigenvalue weighted by Crippen LogP contribution is -2.46. The normalized spacial score (nSPS) is 23.2. The van der Waals surface area contributed by atoms with Gasteiger partial charge < -0.3 is 15.6 Å². The number of piperidine rings is 1. The number of thioether (sulfide) groups is 1. The monoisotopic (exact) mass is 444 g/mol. The summed E-state index contributed by atoms with van der Waals surface area (Å²) in [5, 5.41) is 5.34. The summed E-state index contributed by atoms with van der Waals surface area (Å²) in [6, 6.07) is 3.22. The van der Waals surface area contributed by atoms with Gasteiger partial charge in [-0.1, -0.05) is 12.8 Å². The van der Waals surface area contributed by atoms with Gasteiger partial charge in [-0.3, -0.25) is 4.79 Å². The molecule has 0 radical (unpaired) electrons. The summed E-state index contributed by atoms with van der Waals surface area (Å²) in [5.74, 6) is -1.71. The van der Waals surface area contributed by atoms with Gasteiger partial charge in [0.15, 0.2) is 0 Å². The van der Waals surface area contributed by atoms with Crippen LogP contribution in [0.25, 0.3) is 10.9 Å². The second kappa shape index (κ2) is 8.74. The van der Waals surface area contributed by atoms with Crippen LogP contribution in [0.3, 0.4) is 0 Å². The first-order valence-corrected chi connectivity index (χ1v) is 11.2. The number of hydrogen-bond donors (Lipinski definition) is 3. The van der Waals surface area contributed by atoms with Crippen molar-refractivity contribution in [3.05, 3.63) is 34.1 Å². The van der Waals surface area contributed by atoms with Crippen LogP contribution in [0.2, 0.25) is 0 Å². The number of H-pyrrole nitrogens is 1.